The first-order valence-electron chi connectivity index (χ1n) is 6.75. The van der Waals surface area contributed by atoms with Crippen LogP contribution in [0.4, 0.5) is 10.4 Å². The highest BCUT2D eigenvalue weighted by Crippen LogP contribution is 2.19. The van der Waals surface area contributed by atoms with E-state index < -0.39 is 0 Å². The second-order valence-corrected chi connectivity index (χ2v) is 4.44. The minimum absolute atomic E-state index is 0.297. The lowest BCUT2D eigenvalue weighted by molar-refractivity contribution is 0.302. The van der Waals surface area contributed by atoms with Gasteiger partial charge in [-0.1, -0.05) is 13.8 Å². The molecule has 4 nitrogen and oxygen atoms in total. The van der Waals surface area contributed by atoms with Crippen molar-refractivity contribution in [2.24, 2.45) is 0 Å². The minimum Gasteiger partial charge on any atom is -0.424 e. The van der Waals surface area contributed by atoms with Crippen molar-refractivity contribution >= 4 is 17.1 Å². The van der Waals surface area contributed by atoms with E-state index >= 15 is 0 Å². The summed E-state index contributed by atoms with van der Waals surface area (Å²) < 4.78 is 18.5. The number of rotatable bonds is 7. The lowest BCUT2D eigenvalue weighted by atomic mass is 10.3. The van der Waals surface area contributed by atoms with Crippen LogP contribution in [-0.2, 0) is 0 Å². The number of halogens is 1. The molecule has 0 aliphatic carbocycles. The van der Waals surface area contributed by atoms with Crippen LogP contribution in [0.15, 0.2) is 22.6 Å². The zero-order valence-electron chi connectivity index (χ0n) is 11.4. The van der Waals surface area contributed by atoms with Gasteiger partial charge in [-0.25, -0.2) is 4.39 Å². The highest BCUT2D eigenvalue weighted by molar-refractivity contribution is 5.74. The van der Waals surface area contributed by atoms with Crippen molar-refractivity contribution in [1.82, 2.24) is 9.88 Å². The largest absolute Gasteiger partial charge is 0.424 e. The summed E-state index contributed by atoms with van der Waals surface area (Å²) in [5.41, 5.74) is 1.15. The van der Waals surface area contributed by atoms with Crippen molar-refractivity contribution in [1.29, 1.82) is 0 Å². The lowest BCUT2D eigenvalue weighted by Crippen LogP contribution is -2.25. The van der Waals surface area contributed by atoms with Gasteiger partial charge in [0.2, 0.25) is 0 Å². The van der Waals surface area contributed by atoms with E-state index in [9.17, 15) is 4.39 Å². The molecule has 1 aromatic carbocycles. The fraction of sp³-hybridized carbons (Fsp3) is 0.500. The molecular formula is C14H20FN3O. The summed E-state index contributed by atoms with van der Waals surface area (Å²) in [5.74, 6) is -0.297. The normalized spacial score (nSPS) is 11.4. The van der Waals surface area contributed by atoms with Crippen molar-refractivity contribution in [3.63, 3.8) is 0 Å². The molecule has 2 rings (SSSR count). The van der Waals surface area contributed by atoms with E-state index in [4.69, 9.17) is 4.42 Å². The van der Waals surface area contributed by atoms with E-state index in [1.54, 1.807) is 6.07 Å². The van der Waals surface area contributed by atoms with Gasteiger partial charge in [0.1, 0.15) is 11.3 Å². The summed E-state index contributed by atoms with van der Waals surface area (Å²) in [4.78, 5) is 6.56. The summed E-state index contributed by atoms with van der Waals surface area (Å²) in [5, 5.41) is 3.13. The maximum absolute atomic E-state index is 13.0. The Hall–Kier alpha value is -1.62. The summed E-state index contributed by atoms with van der Waals surface area (Å²) in [6.07, 6.45) is 1.02. The molecule has 0 aliphatic heterocycles. The third kappa shape index (κ3) is 3.67. The van der Waals surface area contributed by atoms with Crippen LogP contribution in [0.2, 0.25) is 0 Å². The van der Waals surface area contributed by atoms with Crippen LogP contribution in [0, 0.1) is 5.82 Å². The molecule has 2 aromatic rings. The SMILES string of the molecule is CCN(CC)CCCNc1nc2cc(F)ccc2o1. The van der Waals surface area contributed by atoms with Crippen molar-refractivity contribution < 1.29 is 8.81 Å². The van der Waals surface area contributed by atoms with Crippen LogP contribution in [0.3, 0.4) is 0 Å². The van der Waals surface area contributed by atoms with E-state index in [0.717, 1.165) is 32.6 Å². The molecule has 0 spiro atoms. The van der Waals surface area contributed by atoms with E-state index in [1.165, 1.54) is 12.1 Å². The number of nitrogens with zero attached hydrogens (tertiary/aromatic N) is 2. The van der Waals surface area contributed by atoms with E-state index in [0.29, 0.717) is 17.1 Å². The Kier molecular flexibility index (Phi) is 4.74. The van der Waals surface area contributed by atoms with Gasteiger partial charge in [0, 0.05) is 12.6 Å². The van der Waals surface area contributed by atoms with E-state index in [-0.39, 0.29) is 5.82 Å². The number of hydrogen-bond donors (Lipinski definition) is 1. The van der Waals surface area contributed by atoms with Gasteiger partial charge >= 0.3 is 0 Å². The van der Waals surface area contributed by atoms with Crippen molar-refractivity contribution in [3.05, 3.63) is 24.0 Å². The number of hydrogen-bond acceptors (Lipinski definition) is 4. The average molecular weight is 265 g/mol. The average Bonchev–Trinajstić information content (AvgIpc) is 2.80. The van der Waals surface area contributed by atoms with Crippen molar-refractivity contribution in [3.8, 4) is 0 Å². The fourth-order valence-corrected chi connectivity index (χ4v) is 2.01. The molecule has 104 valence electrons. The number of benzene rings is 1. The van der Waals surface area contributed by atoms with Gasteiger partial charge in [0.05, 0.1) is 0 Å². The molecule has 0 fully saturated rings. The van der Waals surface area contributed by atoms with Crippen LogP contribution in [-0.4, -0.2) is 36.1 Å². The van der Waals surface area contributed by atoms with Gasteiger partial charge in [0.15, 0.2) is 5.58 Å². The first kappa shape index (κ1) is 13.8. The second kappa shape index (κ2) is 6.52. The predicted molar refractivity (Wildman–Crippen MR) is 74.9 cm³/mol. The Labute approximate surface area is 112 Å². The monoisotopic (exact) mass is 265 g/mol. The molecule has 0 amide bonds. The Morgan fingerprint density at radius 1 is 1.32 bits per heavy atom. The first-order valence-corrected chi connectivity index (χ1v) is 6.75. The molecule has 0 saturated heterocycles. The van der Waals surface area contributed by atoms with Gasteiger partial charge in [-0.15, -0.1) is 0 Å². The molecule has 1 N–H and O–H groups in total. The van der Waals surface area contributed by atoms with Crippen LogP contribution >= 0.6 is 0 Å². The van der Waals surface area contributed by atoms with E-state index in [1.807, 2.05) is 0 Å². The number of anilines is 1. The van der Waals surface area contributed by atoms with Crippen molar-refractivity contribution in [2.45, 2.75) is 20.3 Å². The molecule has 0 aliphatic rings. The van der Waals surface area contributed by atoms with Gasteiger partial charge in [-0.3, -0.25) is 0 Å². The Morgan fingerprint density at radius 2 is 2.11 bits per heavy atom. The second-order valence-electron chi connectivity index (χ2n) is 4.44. The standard InChI is InChI=1S/C14H20FN3O/c1-3-18(4-2)9-5-8-16-14-17-12-10-11(15)6-7-13(12)19-14/h6-7,10H,3-5,8-9H2,1-2H3,(H,16,17). The number of fused-ring (bicyclic) bond motifs is 1. The molecule has 1 aromatic heterocycles. The Balaban J connectivity index is 1.84. The summed E-state index contributed by atoms with van der Waals surface area (Å²) in [7, 11) is 0. The van der Waals surface area contributed by atoms with Crippen LogP contribution in [0.5, 0.6) is 0 Å². The van der Waals surface area contributed by atoms with Crippen LogP contribution in [0.25, 0.3) is 11.1 Å². The molecule has 0 atom stereocenters. The third-order valence-corrected chi connectivity index (χ3v) is 3.17. The highest BCUT2D eigenvalue weighted by atomic mass is 19.1. The number of oxazole rings is 1. The zero-order valence-corrected chi connectivity index (χ0v) is 11.4. The van der Waals surface area contributed by atoms with E-state index in [2.05, 4.69) is 29.0 Å². The smallest absolute Gasteiger partial charge is 0.295 e. The molecular weight excluding hydrogens is 245 g/mol. The van der Waals surface area contributed by atoms with Crippen molar-refractivity contribution in [2.75, 3.05) is 31.5 Å². The first-order chi connectivity index (χ1) is 9.22. The molecule has 0 saturated carbocycles. The maximum Gasteiger partial charge on any atom is 0.295 e. The Bertz CT molecular complexity index is 522. The molecule has 0 radical (unpaired) electrons. The lowest BCUT2D eigenvalue weighted by Gasteiger charge is -2.17. The number of nitrogens with one attached hydrogen (secondary N) is 1. The molecule has 5 heteroatoms. The van der Waals surface area contributed by atoms with Gasteiger partial charge < -0.3 is 14.6 Å². The third-order valence-electron chi connectivity index (χ3n) is 3.17. The predicted octanol–water partition coefficient (Wildman–Crippen LogP) is 3.11. The van der Waals surface area contributed by atoms with Gasteiger partial charge in [-0.2, -0.15) is 4.98 Å². The molecule has 19 heavy (non-hydrogen) atoms. The van der Waals surface area contributed by atoms with Crippen LogP contribution in [0.1, 0.15) is 20.3 Å². The molecule has 0 unspecified atom stereocenters. The molecule has 0 bridgehead atoms. The van der Waals surface area contributed by atoms with Gasteiger partial charge in [-0.05, 0) is 38.2 Å². The fourth-order valence-electron chi connectivity index (χ4n) is 2.01. The zero-order chi connectivity index (χ0) is 13.7. The van der Waals surface area contributed by atoms with Crippen LogP contribution < -0.4 is 5.32 Å². The summed E-state index contributed by atoms with van der Waals surface area (Å²) >= 11 is 0. The maximum atomic E-state index is 13.0. The minimum atomic E-state index is -0.297. The quantitative estimate of drug-likeness (QED) is 0.781. The topological polar surface area (TPSA) is 41.3 Å². The van der Waals surface area contributed by atoms with Gasteiger partial charge in [0.25, 0.3) is 6.01 Å². The molecule has 1 heterocycles. The number of aromatic nitrogens is 1. The Morgan fingerprint density at radius 3 is 2.84 bits per heavy atom. The summed E-state index contributed by atoms with van der Waals surface area (Å²) in [6.45, 7) is 8.30. The summed E-state index contributed by atoms with van der Waals surface area (Å²) in [6, 6.07) is 4.80. The highest BCUT2D eigenvalue weighted by Gasteiger charge is 2.06.